The number of fused-ring (bicyclic) bond motifs is 6. The van der Waals surface area contributed by atoms with E-state index in [-0.39, 0.29) is 40.7 Å². The lowest BCUT2D eigenvalue weighted by atomic mass is 9.43. The fourth-order valence-electron chi connectivity index (χ4n) is 10.4. The highest BCUT2D eigenvalue weighted by molar-refractivity contribution is 5.95. The standard InChI is InChI=1S/C32H46FNO4/c1-18(4-9-29(38)34-13-11-19-14-21(33)5-8-26(19)34)23-6-7-24-30-25(17-28(37)32(23,24)3)31(2)12-10-22(35)15-20(31)16-27(30)36/h5,8,14,18,20,22-25,27-28,30,35-37H,4,6-7,9-13,15-17H2,1-3H3/t18-,20+,22-,23-,24+,25+,27-,28+,30+,31+,32-/m1/s1. The van der Waals surface area contributed by atoms with Gasteiger partial charge in [-0.25, -0.2) is 4.39 Å². The van der Waals surface area contributed by atoms with Gasteiger partial charge in [0.15, 0.2) is 0 Å². The molecule has 4 fully saturated rings. The third-order valence-electron chi connectivity index (χ3n) is 12.6. The highest BCUT2D eigenvalue weighted by atomic mass is 19.1. The van der Waals surface area contributed by atoms with Gasteiger partial charge in [0.2, 0.25) is 5.91 Å². The number of aliphatic hydroxyl groups is 3. The van der Waals surface area contributed by atoms with E-state index >= 15 is 0 Å². The minimum absolute atomic E-state index is 0.0799. The van der Waals surface area contributed by atoms with E-state index in [1.54, 1.807) is 12.1 Å². The number of nitrogens with zero attached hydrogens (tertiary/aromatic N) is 1. The van der Waals surface area contributed by atoms with Crippen molar-refractivity contribution < 1.29 is 24.5 Å². The molecule has 1 heterocycles. The Bertz CT molecular complexity index is 1080. The second-order valence-corrected chi connectivity index (χ2v) is 14.1. The van der Waals surface area contributed by atoms with Gasteiger partial charge in [0.05, 0.1) is 18.3 Å². The van der Waals surface area contributed by atoms with Crippen molar-refractivity contribution in [2.75, 3.05) is 11.4 Å². The van der Waals surface area contributed by atoms with Crippen molar-refractivity contribution >= 4 is 11.6 Å². The first-order valence-corrected chi connectivity index (χ1v) is 15.2. The second kappa shape index (κ2) is 9.55. The lowest BCUT2D eigenvalue weighted by Crippen LogP contribution is -2.62. The molecule has 1 aliphatic heterocycles. The fourth-order valence-corrected chi connectivity index (χ4v) is 10.4. The molecule has 6 rings (SSSR count). The molecule has 4 saturated carbocycles. The van der Waals surface area contributed by atoms with Crippen LogP contribution in [0.2, 0.25) is 0 Å². The molecule has 0 radical (unpaired) electrons. The molecule has 0 bridgehead atoms. The highest BCUT2D eigenvalue weighted by Crippen LogP contribution is 2.68. The molecule has 11 atom stereocenters. The minimum Gasteiger partial charge on any atom is -0.393 e. The predicted molar refractivity (Wildman–Crippen MR) is 145 cm³/mol. The van der Waals surface area contributed by atoms with Crippen LogP contribution in [0.1, 0.15) is 84.1 Å². The maximum atomic E-state index is 13.6. The number of anilines is 1. The topological polar surface area (TPSA) is 81.0 Å². The van der Waals surface area contributed by atoms with Crippen LogP contribution < -0.4 is 4.90 Å². The van der Waals surface area contributed by atoms with Crippen LogP contribution in [0.25, 0.3) is 0 Å². The minimum atomic E-state index is -0.408. The molecule has 0 spiro atoms. The van der Waals surface area contributed by atoms with Crippen LogP contribution in [0.15, 0.2) is 18.2 Å². The molecule has 5 aliphatic rings. The first kappa shape index (κ1) is 26.7. The number of carbonyl (C=O) groups excluding carboxylic acids is 1. The molecular formula is C32H46FNO4. The van der Waals surface area contributed by atoms with Gasteiger partial charge in [-0.3, -0.25) is 4.79 Å². The highest BCUT2D eigenvalue weighted by Gasteiger charge is 2.65. The summed E-state index contributed by atoms with van der Waals surface area (Å²) in [4.78, 5) is 15.0. The molecule has 0 saturated heterocycles. The number of rotatable bonds is 4. The van der Waals surface area contributed by atoms with Crippen LogP contribution in [-0.2, 0) is 11.2 Å². The van der Waals surface area contributed by atoms with Gasteiger partial charge in [-0.1, -0.05) is 20.8 Å². The predicted octanol–water partition coefficient (Wildman–Crippen LogP) is 5.09. The summed E-state index contributed by atoms with van der Waals surface area (Å²) in [6.45, 7) is 7.50. The summed E-state index contributed by atoms with van der Waals surface area (Å²) in [5, 5.41) is 33.6. The Morgan fingerprint density at radius 2 is 1.89 bits per heavy atom. The summed E-state index contributed by atoms with van der Waals surface area (Å²) >= 11 is 0. The SMILES string of the molecule is C[C@H](CCC(=O)N1CCc2cc(F)ccc21)[C@H]1CC[C@H]2[C@@H]3[C@H](O)C[C@@H]4C[C@H](O)CC[C@]4(C)[C@H]3C[C@H](O)[C@]12C. The quantitative estimate of drug-likeness (QED) is 0.509. The summed E-state index contributed by atoms with van der Waals surface area (Å²) in [7, 11) is 0. The Hall–Kier alpha value is -1.50. The van der Waals surface area contributed by atoms with E-state index in [1.807, 2.05) is 4.90 Å². The normalized spacial score (nSPS) is 44.7. The fraction of sp³-hybridized carbons (Fsp3) is 0.781. The maximum absolute atomic E-state index is 13.6. The van der Waals surface area contributed by atoms with Crippen molar-refractivity contribution in [3.8, 4) is 0 Å². The zero-order valence-corrected chi connectivity index (χ0v) is 23.3. The van der Waals surface area contributed by atoms with Gasteiger partial charge < -0.3 is 20.2 Å². The lowest BCUT2D eigenvalue weighted by molar-refractivity contribution is -0.207. The summed E-state index contributed by atoms with van der Waals surface area (Å²) in [6, 6.07) is 4.70. The van der Waals surface area contributed by atoms with Gasteiger partial charge >= 0.3 is 0 Å². The first-order chi connectivity index (χ1) is 18.0. The number of amides is 1. The van der Waals surface area contributed by atoms with Crippen LogP contribution in [0.4, 0.5) is 10.1 Å². The van der Waals surface area contributed by atoms with Crippen molar-refractivity contribution in [1.29, 1.82) is 0 Å². The molecule has 0 aromatic heterocycles. The summed E-state index contributed by atoms with van der Waals surface area (Å²) < 4.78 is 13.6. The van der Waals surface area contributed by atoms with E-state index < -0.39 is 6.10 Å². The zero-order chi connectivity index (χ0) is 27.0. The van der Waals surface area contributed by atoms with E-state index in [0.717, 1.165) is 62.6 Å². The average molecular weight is 528 g/mol. The van der Waals surface area contributed by atoms with Gasteiger partial charge in [0, 0.05) is 18.7 Å². The average Bonchev–Trinajstić information content (AvgIpc) is 3.45. The lowest BCUT2D eigenvalue weighted by Gasteiger charge is -2.63. The molecule has 1 aromatic rings. The second-order valence-electron chi connectivity index (χ2n) is 14.1. The van der Waals surface area contributed by atoms with E-state index in [0.29, 0.717) is 49.0 Å². The van der Waals surface area contributed by atoms with Gasteiger partial charge in [0.25, 0.3) is 0 Å². The Morgan fingerprint density at radius 3 is 2.68 bits per heavy atom. The van der Waals surface area contributed by atoms with Crippen molar-refractivity contribution in [2.45, 2.75) is 103 Å². The Balaban J connectivity index is 1.16. The van der Waals surface area contributed by atoms with Gasteiger partial charge in [-0.05, 0) is 128 Å². The van der Waals surface area contributed by atoms with Crippen molar-refractivity contribution in [2.24, 2.45) is 46.3 Å². The number of halogens is 1. The molecule has 6 heteroatoms. The smallest absolute Gasteiger partial charge is 0.227 e. The summed E-state index contributed by atoms with van der Waals surface area (Å²) in [6.07, 6.45) is 7.07. The molecule has 210 valence electrons. The number of aliphatic hydroxyl groups excluding tert-OH is 3. The van der Waals surface area contributed by atoms with E-state index in [2.05, 4.69) is 20.8 Å². The van der Waals surface area contributed by atoms with Crippen LogP contribution in [0, 0.1) is 52.2 Å². The Morgan fingerprint density at radius 1 is 1.11 bits per heavy atom. The van der Waals surface area contributed by atoms with Gasteiger partial charge in [-0.15, -0.1) is 0 Å². The third-order valence-corrected chi connectivity index (χ3v) is 12.6. The monoisotopic (exact) mass is 527 g/mol. The largest absolute Gasteiger partial charge is 0.393 e. The van der Waals surface area contributed by atoms with Crippen LogP contribution in [-0.4, -0.2) is 46.1 Å². The number of carbonyl (C=O) groups is 1. The molecule has 0 unspecified atom stereocenters. The molecule has 5 nitrogen and oxygen atoms in total. The summed E-state index contributed by atoms with van der Waals surface area (Å²) in [5.74, 6) is 1.59. The molecule has 4 aliphatic carbocycles. The molecule has 3 N–H and O–H groups in total. The van der Waals surface area contributed by atoms with E-state index in [9.17, 15) is 24.5 Å². The van der Waals surface area contributed by atoms with Crippen molar-refractivity contribution in [3.63, 3.8) is 0 Å². The zero-order valence-electron chi connectivity index (χ0n) is 23.3. The van der Waals surface area contributed by atoms with Gasteiger partial charge in [-0.2, -0.15) is 0 Å². The van der Waals surface area contributed by atoms with Crippen molar-refractivity contribution in [3.05, 3.63) is 29.6 Å². The Labute approximate surface area is 226 Å². The van der Waals surface area contributed by atoms with Crippen LogP contribution >= 0.6 is 0 Å². The number of hydrogen-bond donors (Lipinski definition) is 3. The van der Waals surface area contributed by atoms with Crippen LogP contribution in [0.3, 0.4) is 0 Å². The van der Waals surface area contributed by atoms with E-state index in [1.165, 1.54) is 6.07 Å². The first-order valence-electron chi connectivity index (χ1n) is 15.2. The number of benzene rings is 1. The van der Waals surface area contributed by atoms with Crippen LogP contribution in [0.5, 0.6) is 0 Å². The number of hydrogen-bond acceptors (Lipinski definition) is 4. The Kier molecular flexibility index (Phi) is 6.72. The molecule has 1 amide bonds. The van der Waals surface area contributed by atoms with Gasteiger partial charge in [0.1, 0.15) is 5.82 Å². The molecule has 38 heavy (non-hydrogen) atoms. The van der Waals surface area contributed by atoms with E-state index in [4.69, 9.17) is 0 Å². The third kappa shape index (κ3) is 3.99. The molecular weight excluding hydrogens is 481 g/mol. The maximum Gasteiger partial charge on any atom is 0.227 e. The molecule has 1 aromatic carbocycles. The summed E-state index contributed by atoms with van der Waals surface area (Å²) in [5.41, 5.74) is 1.59. The van der Waals surface area contributed by atoms with Crippen molar-refractivity contribution in [1.82, 2.24) is 0 Å².